The number of rotatable bonds is 4. The van der Waals surface area contributed by atoms with E-state index in [0.717, 1.165) is 43.6 Å². The summed E-state index contributed by atoms with van der Waals surface area (Å²) < 4.78 is 28.7. The van der Waals surface area contributed by atoms with Crippen LogP contribution in [0.3, 0.4) is 0 Å². The van der Waals surface area contributed by atoms with Gasteiger partial charge in [0.1, 0.15) is 5.82 Å². The number of hydrogen-bond donors (Lipinski definition) is 1. The van der Waals surface area contributed by atoms with Crippen molar-refractivity contribution in [1.82, 2.24) is 13.6 Å². The third kappa shape index (κ3) is 4.02. The highest BCUT2D eigenvalue weighted by Crippen LogP contribution is 2.22. The molecule has 1 N–H and O–H groups in total. The predicted molar refractivity (Wildman–Crippen MR) is 91.5 cm³/mol. The average Bonchev–Trinajstić information content (AvgIpc) is 2.56. The third-order valence-corrected chi connectivity index (χ3v) is 6.70. The van der Waals surface area contributed by atoms with Gasteiger partial charge < -0.3 is 5.32 Å². The van der Waals surface area contributed by atoms with Gasteiger partial charge in [0, 0.05) is 37.9 Å². The Kier molecular flexibility index (Phi) is 5.18. The van der Waals surface area contributed by atoms with Crippen LogP contribution in [0.25, 0.3) is 0 Å². The second-order valence-corrected chi connectivity index (χ2v) is 8.38. The number of aromatic nitrogens is 1. The molecule has 2 aliphatic heterocycles. The Bertz CT molecular complexity index is 621. The highest BCUT2D eigenvalue weighted by molar-refractivity contribution is 7.86. The number of pyridine rings is 1. The van der Waals surface area contributed by atoms with Crippen LogP contribution >= 0.6 is 0 Å². The van der Waals surface area contributed by atoms with Crippen LogP contribution in [0.2, 0.25) is 0 Å². The summed E-state index contributed by atoms with van der Waals surface area (Å²) in [6.45, 7) is 4.49. The van der Waals surface area contributed by atoms with Crippen molar-refractivity contribution in [2.45, 2.75) is 45.1 Å². The van der Waals surface area contributed by atoms with Crippen LogP contribution in [-0.4, -0.2) is 54.2 Å². The number of hydrogen-bond acceptors (Lipinski definition) is 4. The molecule has 0 atom stereocenters. The minimum Gasteiger partial charge on any atom is -0.367 e. The van der Waals surface area contributed by atoms with Crippen LogP contribution in [0.15, 0.2) is 18.2 Å². The molecule has 1 aromatic rings. The van der Waals surface area contributed by atoms with Crippen LogP contribution in [0.1, 0.15) is 37.8 Å². The first kappa shape index (κ1) is 16.7. The zero-order chi connectivity index (χ0) is 16.3. The van der Waals surface area contributed by atoms with Crippen molar-refractivity contribution in [3.05, 3.63) is 23.9 Å². The maximum Gasteiger partial charge on any atom is 0.281 e. The lowest BCUT2D eigenvalue weighted by molar-refractivity contribution is 0.275. The summed E-state index contributed by atoms with van der Waals surface area (Å²) in [4.78, 5) is 4.46. The molecule has 0 saturated carbocycles. The average molecular weight is 338 g/mol. The van der Waals surface area contributed by atoms with Gasteiger partial charge in [-0.25, -0.2) is 4.98 Å². The quantitative estimate of drug-likeness (QED) is 0.912. The van der Waals surface area contributed by atoms with Gasteiger partial charge in [0.25, 0.3) is 10.2 Å². The number of aryl methyl sites for hydroxylation is 1. The molecule has 2 aliphatic rings. The van der Waals surface area contributed by atoms with Gasteiger partial charge in [0.2, 0.25) is 0 Å². The van der Waals surface area contributed by atoms with E-state index in [0.29, 0.717) is 26.2 Å². The largest absolute Gasteiger partial charge is 0.367 e. The van der Waals surface area contributed by atoms with E-state index in [-0.39, 0.29) is 6.04 Å². The summed E-state index contributed by atoms with van der Waals surface area (Å²) in [6.07, 6.45) is 4.75. The minimum atomic E-state index is -3.26. The number of anilines is 1. The molecule has 0 unspecified atom stereocenters. The monoisotopic (exact) mass is 338 g/mol. The first-order valence-corrected chi connectivity index (χ1v) is 9.91. The smallest absolute Gasteiger partial charge is 0.281 e. The van der Waals surface area contributed by atoms with E-state index >= 15 is 0 Å². The molecule has 0 spiro atoms. The summed E-state index contributed by atoms with van der Waals surface area (Å²) in [6, 6.07) is 6.21. The van der Waals surface area contributed by atoms with Crippen LogP contribution < -0.4 is 5.32 Å². The van der Waals surface area contributed by atoms with E-state index in [1.165, 1.54) is 0 Å². The lowest BCUT2D eigenvalue weighted by Crippen LogP contribution is -2.50. The Hall–Kier alpha value is -1.18. The van der Waals surface area contributed by atoms with Crippen molar-refractivity contribution in [1.29, 1.82) is 0 Å². The molecule has 0 aromatic carbocycles. The lowest BCUT2D eigenvalue weighted by Gasteiger charge is -2.36. The van der Waals surface area contributed by atoms with Crippen molar-refractivity contribution in [3.8, 4) is 0 Å². The zero-order valence-corrected chi connectivity index (χ0v) is 14.6. The highest BCUT2D eigenvalue weighted by Gasteiger charge is 2.33. The SMILES string of the molecule is Cc1cccc(NC2CCN(S(=O)(=O)N3CCCCC3)CC2)n1. The van der Waals surface area contributed by atoms with E-state index in [2.05, 4.69) is 10.3 Å². The van der Waals surface area contributed by atoms with Gasteiger partial charge in [-0.05, 0) is 44.7 Å². The fourth-order valence-electron chi connectivity index (χ4n) is 3.32. The molecule has 23 heavy (non-hydrogen) atoms. The van der Waals surface area contributed by atoms with Crippen molar-refractivity contribution < 1.29 is 8.42 Å². The maximum absolute atomic E-state index is 12.7. The van der Waals surface area contributed by atoms with Crippen LogP contribution in [-0.2, 0) is 10.2 Å². The molecule has 0 aliphatic carbocycles. The number of nitrogens with one attached hydrogen (secondary N) is 1. The molecule has 128 valence electrons. The van der Waals surface area contributed by atoms with Crippen molar-refractivity contribution in [3.63, 3.8) is 0 Å². The standard InChI is InChI=1S/C16H26N4O2S/c1-14-6-5-7-16(17-14)18-15-8-12-20(13-9-15)23(21,22)19-10-3-2-4-11-19/h5-7,15H,2-4,8-13H2,1H3,(H,17,18). The zero-order valence-electron chi connectivity index (χ0n) is 13.7. The Morgan fingerprint density at radius 3 is 2.35 bits per heavy atom. The molecule has 0 radical (unpaired) electrons. The Morgan fingerprint density at radius 1 is 1.04 bits per heavy atom. The number of nitrogens with zero attached hydrogens (tertiary/aromatic N) is 3. The molecule has 6 nitrogen and oxygen atoms in total. The lowest BCUT2D eigenvalue weighted by atomic mass is 10.1. The van der Waals surface area contributed by atoms with E-state index in [9.17, 15) is 8.42 Å². The fraction of sp³-hybridized carbons (Fsp3) is 0.688. The van der Waals surface area contributed by atoms with Gasteiger partial charge >= 0.3 is 0 Å². The molecular weight excluding hydrogens is 312 g/mol. The van der Waals surface area contributed by atoms with E-state index in [4.69, 9.17) is 0 Å². The Labute approximate surface area is 139 Å². The Morgan fingerprint density at radius 2 is 1.70 bits per heavy atom. The van der Waals surface area contributed by atoms with Gasteiger partial charge in [-0.15, -0.1) is 0 Å². The summed E-state index contributed by atoms with van der Waals surface area (Å²) in [5, 5.41) is 3.43. The molecule has 3 heterocycles. The molecule has 3 rings (SSSR count). The highest BCUT2D eigenvalue weighted by atomic mass is 32.2. The molecular formula is C16H26N4O2S. The van der Waals surface area contributed by atoms with Crippen LogP contribution in [0, 0.1) is 6.92 Å². The summed E-state index contributed by atoms with van der Waals surface area (Å²) >= 11 is 0. The van der Waals surface area contributed by atoms with Crippen molar-refractivity contribution in [2.75, 3.05) is 31.5 Å². The molecule has 2 fully saturated rings. The van der Waals surface area contributed by atoms with Gasteiger partial charge in [0.15, 0.2) is 0 Å². The van der Waals surface area contributed by atoms with Crippen molar-refractivity contribution >= 4 is 16.0 Å². The second kappa shape index (κ2) is 7.15. The predicted octanol–water partition coefficient (Wildman–Crippen LogP) is 2.00. The minimum absolute atomic E-state index is 0.289. The van der Waals surface area contributed by atoms with Gasteiger partial charge in [-0.1, -0.05) is 12.5 Å². The first-order valence-electron chi connectivity index (χ1n) is 8.51. The van der Waals surface area contributed by atoms with Crippen LogP contribution in [0.4, 0.5) is 5.82 Å². The van der Waals surface area contributed by atoms with Gasteiger partial charge in [-0.2, -0.15) is 17.0 Å². The summed E-state index contributed by atoms with van der Waals surface area (Å²) in [7, 11) is -3.26. The normalized spacial score (nSPS) is 22.1. The van der Waals surface area contributed by atoms with Gasteiger partial charge in [0.05, 0.1) is 0 Å². The summed E-state index contributed by atoms with van der Waals surface area (Å²) in [5.41, 5.74) is 0.986. The molecule has 7 heteroatoms. The second-order valence-electron chi connectivity index (χ2n) is 6.45. The van der Waals surface area contributed by atoms with E-state index < -0.39 is 10.2 Å². The Balaban J connectivity index is 1.55. The van der Waals surface area contributed by atoms with Crippen molar-refractivity contribution in [2.24, 2.45) is 0 Å². The van der Waals surface area contributed by atoms with E-state index in [1.54, 1.807) is 8.61 Å². The van der Waals surface area contributed by atoms with Crippen LogP contribution in [0.5, 0.6) is 0 Å². The molecule has 2 saturated heterocycles. The molecule has 1 aromatic heterocycles. The third-order valence-electron chi connectivity index (χ3n) is 4.66. The molecule has 0 amide bonds. The van der Waals surface area contributed by atoms with Gasteiger partial charge in [-0.3, -0.25) is 0 Å². The molecule has 0 bridgehead atoms. The number of piperidine rings is 2. The maximum atomic E-state index is 12.7. The topological polar surface area (TPSA) is 65.5 Å². The fourth-order valence-corrected chi connectivity index (χ4v) is 5.04. The summed E-state index contributed by atoms with van der Waals surface area (Å²) in [5.74, 6) is 0.877. The first-order chi connectivity index (χ1) is 11.1. The van der Waals surface area contributed by atoms with E-state index in [1.807, 2.05) is 25.1 Å².